The van der Waals surface area contributed by atoms with Crippen molar-refractivity contribution in [1.82, 2.24) is 4.90 Å². The Bertz CT molecular complexity index is 904. The molecule has 2 nitrogen and oxygen atoms in total. The monoisotopic (exact) mass is 329 g/mol. The summed E-state index contributed by atoms with van der Waals surface area (Å²) in [6, 6.07) is 24.8. The van der Waals surface area contributed by atoms with Crippen molar-refractivity contribution in [3.05, 3.63) is 77.9 Å². The Morgan fingerprint density at radius 1 is 0.880 bits per heavy atom. The van der Waals surface area contributed by atoms with E-state index in [1.54, 1.807) is 0 Å². The number of benzene rings is 3. The maximum absolute atomic E-state index is 6.49. The van der Waals surface area contributed by atoms with Gasteiger partial charge < -0.3 is 4.74 Å². The zero-order valence-corrected chi connectivity index (χ0v) is 14.6. The third kappa shape index (κ3) is 2.36. The van der Waals surface area contributed by atoms with Gasteiger partial charge in [-0.2, -0.15) is 0 Å². The van der Waals surface area contributed by atoms with Crippen molar-refractivity contribution in [3.8, 4) is 5.75 Å². The van der Waals surface area contributed by atoms with E-state index in [1.165, 1.54) is 34.7 Å². The first-order chi connectivity index (χ1) is 12.3. The lowest BCUT2D eigenvalue weighted by Crippen LogP contribution is -2.52. The van der Waals surface area contributed by atoms with Crippen molar-refractivity contribution in [2.24, 2.45) is 0 Å². The van der Waals surface area contributed by atoms with Gasteiger partial charge in [-0.25, -0.2) is 0 Å². The van der Waals surface area contributed by atoms with E-state index in [0.717, 1.165) is 12.2 Å². The molecule has 3 atom stereocenters. The van der Waals surface area contributed by atoms with E-state index >= 15 is 0 Å². The fraction of sp³-hybridized carbons (Fsp3) is 0.304. The summed E-state index contributed by atoms with van der Waals surface area (Å²) in [5, 5.41) is 2.60. The van der Waals surface area contributed by atoms with Gasteiger partial charge in [-0.05, 0) is 48.6 Å². The normalized spacial score (nSPS) is 25.9. The highest BCUT2D eigenvalue weighted by molar-refractivity contribution is 5.89. The average molecular weight is 329 g/mol. The van der Waals surface area contributed by atoms with Crippen LogP contribution in [-0.4, -0.2) is 17.2 Å². The van der Waals surface area contributed by atoms with Crippen LogP contribution in [0.2, 0.25) is 0 Å². The molecule has 0 radical (unpaired) electrons. The molecular weight excluding hydrogens is 306 g/mol. The molecular formula is C23H23NO. The number of rotatable bonds is 1. The van der Waals surface area contributed by atoms with Crippen LogP contribution in [-0.2, 0) is 0 Å². The third-order valence-corrected chi connectivity index (χ3v) is 5.80. The summed E-state index contributed by atoms with van der Waals surface area (Å²) >= 11 is 0. The second-order valence-corrected chi connectivity index (χ2v) is 7.31. The minimum absolute atomic E-state index is 0.183. The van der Waals surface area contributed by atoms with Gasteiger partial charge in [0.05, 0.1) is 6.04 Å². The Balaban J connectivity index is 1.79. The Morgan fingerprint density at radius 3 is 2.56 bits per heavy atom. The van der Waals surface area contributed by atoms with Crippen molar-refractivity contribution in [1.29, 1.82) is 0 Å². The zero-order valence-electron chi connectivity index (χ0n) is 14.6. The molecule has 2 heteroatoms. The van der Waals surface area contributed by atoms with Crippen molar-refractivity contribution in [2.45, 2.75) is 44.5 Å². The molecule has 5 rings (SSSR count). The fourth-order valence-electron chi connectivity index (χ4n) is 4.64. The SMILES string of the molecule is C[C@H]1CCC[C@H]2Oc3ccc4ccccc4c3[C@H](c3ccccc3)N12. The second kappa shape index (κ2) is 5.89. The highest BCUT2D eigenvalue weighted by Gasteiger charge is 2.41. The third-order valence-electron chi connectivity index (χ3n) is 5.80. The Hall–Kier alpha value is -2.32. The summed E-state index contributed by atoms with van der Waals surface area (Å²) in [6.07, 6.45) is 3.78. The van der Waals surface area contributed by atoms with Gasteiger partial charge in [0.2, 0.25) is 0 Å². The van der Waals surface area contributed by atoms with Crippen LogP contribution in [0.4, 0.5) is 0 Å². The summed E-state index contributed by atoms with van der Waals surface area (Å²) in [6.45, 7) is 2.35. The molecule has 0 spiro atoms. The van der Waals surface area contributed by atoms with Crippen molar-refractivity contribution in [2.75, 3.05) is 0 Å². The van der Waals surface area contributed by atoms with Crippen molar-refractivity contribution >= 4 is 10.8 Å². The molecule has 0 saturated carbocycles. The van der Waals surface area contributed by atoms with E-state index in [9.17, 15) is 0 Å². The topological polar surface area (TPSA) is 12.5 Å². The second-order valence-electron chi connectivity index (χ2n) is 7.31. The van der Waals surface area contributed by atoms with Gasteiger partial charge >= 0.3 is 0 Å². The molecule has 0 aromatic heterocycles. The number of nitrogens with zero attached hydrogens (tertiary/aromatic N) is 1. The lowest BCUT2D eigenvalue weighted by Gasteiger charge is -2.49. The molecule has 126 valence electrons. The molecule has 3 aromatic rings. The van der Waals surface area contributed by atoms with E-state index in [-0.39, 0.29) is 12.3 Å². The van der Waals surface area contributed by atoms with Crippen molar-refractivity contribution in [3.63, 3.8) is 0 Å². The van der Waals surface area contributed by atoms with E-state index in [4.69, 9.17) is 4.74 Å². The first-order valence-corrected chi connectivity index (χ1v) is 9.33. The molecule has 0 bridgehead atoms. The summed E-state index contributed by atoms with van der Waals surface area (Å²) in [5.74, 6) is 1.06. The van der Waals surface area contributed by atoms with Gasteiger partial charge in [0.1, 0.15) is 5.75 Å². The molecule has 1 fully saturated rings. The molecule has 0 amide bonds. The van der Waals surface area contributed by atoms with E-state index in [1.807, 2.05) is 0 Å². The Labute approximate surface area is 149 Å². The molecule has 0 N–H and O–H groups in total. The molecule has 1 saturated heterocycles. The van der Waals surface area contributed by atoms with Gasteiger partial charge in [-0.15, -0.1) is 0 Å². The zero-order chi connectivity index (χ0) is 16.8. The number of ether oxygens (including phenoxy) is 1. The fourth-order valence-corrected chi connectivity index (χ4v) is 4.64. The summed E-state index contributed by atoms with van der Waals surface area (Å²) in [5.41, 5.74) is 2.69. The predicted molar refractivity (Wildman–Crippen MR) is 102 cm³/mol. The highest BCUT2D eigenvalue weighted by atomic mass is 16.5. The van der Waals surface area contributed by atoms with Gasteiger partial charge in [0.15, 0.2) is 6.23 Å². The van der Waals surface area contributed by atoms with Crippen LogP contribution in [0.25, 0.3) is 10.8 Å². The molecule has 2 aliphatic heterocycles. The van der Waals surface area contributed by atoms with Crippen LogP contribution < -0.4 is 4.74 Å². The van der Waals surface area contributed by atoms with Crippen LogP contribution in [0.3, 0.4) is 0 Å². The Kier molecular flexibility index (Phi) is 3.53. The van der Waals surface area contributed by atoms with E-state index in [2.05, 4.69) is 78.6 Å². The molecule has 25 heavy (non-hydrogen) atoms. The van der Waals surface area contributed by atoms with Gasteiger partial charge in [-0.1, -0.05) is 60.7 Å². The van der Waals surface area contributed by atoms with Crippen LogP contribution in [0.5, 0.6) is 5.75 Å². The smallest absolute Gasteiger partial charge is 0.153 e. The quantitative estimate of drug-likeness (QED) is 0.582. The van der Waals surface area contributed by atoms with Gasteiger partial charge in [0, 0.05) is 11.6 Å². The van der Waals surface area contributed by atoms with Crippen molar-refractivity contribution < 1.29 is 4.74 Å². The minimum Gasteiger partial charge on any atom is -0.475 e. The highest BCUT2D eigenvalue weighted by Crippen LogP contribution is 2.47. The lowest BCUT2D eigenvalue weighted by molar-refractivity contribution is -0.0695. The van der Waals surface area contributed by atoms with Gasteiger partial charge in [0.25, 0.3) is 0 Å². The van der Waals surface area contributed by atoms with E-state index in [0.29, 0.717) is 6.04 Å². The summed E-state index contributed by atoms with van der Waals surface area (Å²) in [4.78, 5) is 2.60. The number of hydrogen-bond donors (Lipinski definition) is 0. The largest absolute Gasteiger partial charge is 0.475 e. The molecule has 2 aliphatic rings. The first-order valence-electron chi connectivity index (χ1n) is 9.33. The molecule has 3 aromatic carbocycles. The standard InChI is InChI=1S/C23H23NO/c1-16-8-7-13-21-24(16)23(18-10-3-2-4-11-18)22-19-12-6-5-9-17(19)14-15-20(22)25-21/h2-6,9-12,14-16,21,23H,7-8,13H2,1H3/t16-,21+,23-/m0/s1. The van der Waals surface area contributed by atoms with Crippen LogP contribution in [0, 0.1) is 0 Å². The summed E-state index contributed by atoms with van der Waals surface area (Å²) < 4.78 is 6.49. The van der Waals surface area contributed by atoms with Gasteiger partial charge in [-0.3, -0.25) is 4.90 Å². The number of hydrogen-bond acceptors (Lipinski definition) is 2. The average Bonchev–Trinajstić information content (AvgIpc) is 2.67. The maximum Gasteiger partial charge on any atom is 0.153 e. The number of piperidine rings is 1. The first kappa shape index (κ1) is 15.0. The van der Waals surface area contributed by atoms with Crippen LogP contribution in [0.15, 0.2) is 66.7 Å². The molecule has 0 aliphatic carbocycles. The molecule has 2 heterocycles. The predicted octanol–water partition coefficient (Wildman–Crippen LogP) is 5.52. The number of fused-ring (bicyclic) bond motifs is 4. The maximum atomic E-state index is 6.49. The lowest BCUT2D eigenvalue weighted by atomic mass is 9.86. The summed E-state index contributed by atoms with van der Waals surface area (Å²) in [7, 11) is 0. The van der Waals surface area contributed by atoms with Crippen LogP contribution in [0.1, 0.15) is 43.4 Å². The van der Waals surface area contributed by atoms with E-state index < -0.39 is 0 Å². The minimum atomic E-state index is 0.183. The Morgan fingerprint density at radius 2 is 1.68 bits per heavy atom. The molecule has 0 unspecified atom stereocenters. The van der Waals surface area contributed by atoms with Crippen LogP contribution >= 0.6 is 0 Å².